The van der Waals surface area contributed by atoms with E-state index in [9.17, 15) is 4.79 Å². The number of amides is 1. The monoisotopic (exact) mass is 250 g/mol. The molecule has 18 heavy (non-hydrogen) atoms. The zero-order chi connectivity index (χ0) is 12.8. The Hall–Kier alpha value is -1.29. The van der Waals surface area contributed by atoms with Crippen LogP contribution in [0.15, 0.2) is 23.0 Å². The number of carbonyl (C=O) groups is 1. The lowest BCUT2D eigenvalue weighted by Crippen LogP contribution is -2.47. The Labute approximate surface area is 108 Å². The van der Waals surface area contributed by atoms with E-state index in [1.807, 2.05) is 0 Å². The van der Waals surface area contributed by atoms with Crippen LogP contribution in [0.1, 0.15) is 43.0 Å². The average Bonchev–Trinajstić information content (AvgIpc) is 2.91. The second-order valence-electron chi connectivity index (χ2n) is 5.23. The van der Waals surface area contributed by atoms with Crippen molar-refractivity contribution >= 4 is 5.91 Å². The van der Waals surface area contributed by atoms with Crippen LogP contribution in [0.25, 0.3) is 0 Å². The molecule has 0 saturated carbocycles. The molecule has 100 valence electrons. The number of nitrogens with one attached hydrogen (secondary N) is 2. The number of carbonyl (C=O) groups excluding carboxylic acids is 1. The van der Waals surface area contributed by atoms with E-state index in [0.717, 1.165) is 32.5 Å². The maximum Gasteiger partial charge on any atom is 0.254 e. The highest BCUT2D eigenvalue weighted by Crippen LogP contribution is 2.30. The normalized spacial score (nSPS) is 23.8. The standard InChI is InChI=1S/C14H22N2O2/c1-2-5-14(6-3-7-15-10-14)11-16-13(17)12-4-8-18-9-12/h4,8-9,15H,2-3,5-7,10-11H2,1H3,(H,16,17). The molecule has 1 aliphatic rings. The summed E-state index contributed by atoms with van der Waals surface area (Å²) in [6.45, 7) is 5.06. The fourth-order valence-electron chi connectivity index (χ4n) is 2.78. The fourth-order valence-corrected chi connectivity index (χ4v) is 2.78. The van der Waals surface area contributed by atoms with E-state index in [4.69, 9.17) is 4.42 Å². The quantitative estimate of drug-likeness (QED) is 0.842. The minimum absolute atomic E-state index is 0.0372. The first-order valence-electron chi connectivity index (χ1n) is 6.77. The predicted molar refractivity (Wildman–Crippen MR) is 70.5 cm³/mol. The summed E-state index contributed by atoms with van der Waals surface area (Å²) in [4.78, 5) is 11.9. The van der Waals surface area contributed by atoms with Gasteiger partial charge in [-0.2, -0.15) is 0 Å². The van der Waals surface area contributed by atoms with Crippen molar-refractivity contribution in [2.45, 2.75) is 32.6 Å². The summed E-state index contributed by atoms with van der Waals surface area (Å²) in [6.07, 6.45) is 7.72. The molecule has 1 amide bonds. The van der Waals surface area contributed by atoms with Crippen LogP contribution in [0.5, 0.6) is 0 Å². The minimum atomic E-state index is -0.0372. The van der Waals surface area contributed by atoms with Crippen LogP contribution >= 0.6 is 0 Å². The van der Waals surface area contributed by atoms with Crippen molar-refractivity contribution in [2.24, 2.45) is 5.41 Å². The summed E-state index contributed by atoms with van der Waals surface area (Å²) in [5.74, 6) is -0.0372. The molecule has 2 rings (SSSR count). The summed E-state index contributed by atoms with van der Waals surface area (Å²) >= 11 is 0. The van der Waals surface area contributed by atoms with Crippen molar-refractivity contribution < 1.29 is 9.21 Å². The van der Waals surface area contributed by atoms with Gasteiger partial charge in [-0.05, 0) is 31.9 Å². The first-order chi connectivity index (χ1) is 8.76. The van der Waals surface area contributed by atoms with Crippen molar-refractivity contribution in [1.29, 1.82) is 0 Å². The second kappa shape index (κ2) is 6.05. The fraction of sp³-hybridized carbons (Fsp3) is 0.643. The van der Waals surface area contributed by atoms with Gasteiger partial charge >= 0.3 is 0 Å². The summed E-state index contributed by atoms with van der Waals surface area (Å²) in [6, 6.07) is 1.70. The van der Waals surface area contributed by atoms with Crippen LogP contribution in [0.4, 0.5) is 0 Å². The molecule has 4 heteroatoms. The number of hydrogen-bond donors (Lipinski definition) is 2. The molecule has 1 aromatic rings. The van der Waals surface area contributed by atoms with E-state index in [-0.39, 0.29) is 11.3 Å². The zero-order valence-electron chi connectivity index (χ0n) is 11.0. The van der Waals surface area contributed by atoms with E-state index in [1.165, 1.54) is 25.4 Å². The third-order valence-corrected chi connectivity index (χ3v) is 3.75. The molecule has 0 aromatic carbocycles. The van der Waals surface area contributed by atoms with E-state index in [2.05, 4.69) is 17.6 Å². The molecule has 1 unspecified atom stereocenters. The van der Waals surface area contributed by atoms with Crippen molar-refractivity contribution in [2.75, 3.05) is 19.6 Å². The van der Waals surface area contributed by atoms with Crippen LogP contribution in [0, 0.1) is 5.41 Å². The van der Waals surface area contributed by atoms with Crippen LogP contribution in [0.3, 0.4) is 0 Å². The van der Waals surface area contributed by atoms with Crippen molar-refractivity contribution in [3.05, 3.63) is 24.2 Å². The van der Waals surface area contributed by atoms with Gasteiger partial charge in [-0.25, -0.2) is 0 Å². The van der Waals surface area contributed by atoms with E-state index in [0.29, 0.717) is 5.56 Å². The molecule has 1 fully saturated rings. The first-order valence-corrected chi connectivity index (χ1v) is 6.77. The summed E-state index contributed by atoms with van der Waals surface area (Å²) in [7, 11) is 0. The summed E-state index contributed by atoms with van der Waals surface area (Å²) < 4.78 is 4.93. The molecule has 0 radical (unpaired) electrons. The highest BCUT2D eigenvalue weighted by atomic mass is 16.3. The van der Waals surface area contributed by atoms with Gasteiger partial charge in [0.05, 0.1) is 11.8 Å². The maximum atomic E-state index is 11.9. The number of furan rings is 1. The number of piperidine rings is 1. The molecule has 0 bridgehead atoms. The molecule has 2 heterocycles. The molecular formula is C14H22N2O2. The Morgan fingerprint density at radius 2 is 2.50 bits per heavy atom. The zero-order valence-corrected chi connectivity index (χ0v) is 11.0. The molecule has 2 N–H and O–H groups in total. The smallest absolute Gasteiger partial charge is 0.254 e. The van der Waals surface area contributed by atoms with Crippen LogP contribution in [0.2, 0.25) is 0 Å². The van der Waals surface area contributed by atoms with Gasteiger partial charge in [0.15, 0.2) is 0 Å². The lowest BCUT2D eigenvalue weighted by Gasteiger charge is -2.37. The molecule has 1 aliphatic heterocycles. The van der Waals surface area contributed by atoms with Gasteiger partial charge in [0.1, 0.15) is 6.26 Å². The third kappa shape index (κ3) is 3.13. The molecule has 1 saturated heterocycles. The number of rotatable bonds is 5. The maximum absolute atomic E-state index is 11.9. The molecule has 0 spiro atoms. The van der Waals surface area contributed by atoms with Crippen LogP contribution < -0.4 is 10.6 Å². The van der Waals surface area contributed by atoms with Gasteiger partial charge in [-0.3, -0.25) is 4.79 Å². The predicted octanol–water partition coefficient (Wildman–Crippen LogP) is 2.18. The Morgan fingerprint density at radius 1 is 1.61 bits per heavy atom. The summed E-state index contributed by atoms with van der Waals surface area (Å²) in [5.41, 5.74) is 0.831. The number of hydrogen-bond acceptors (Lipinski definition) is 3. The Balaban J connectivity index is 1.91. The van der Waals surface area contributed by atoms with E-state index in [1.54, 1.807) is 6.07 Å². The van der Waals surface area contributed by atoms with E-state index < -0.39 is 0 Å². The lowest BCUT2D eigenvalue weighted by atomic mass is 9.77. The van der Waals surface area contributed by atoms with Gasteiger partial charge in [0.25, 0.3) is 5.91 Å². The molecule has 1 aromatic heterocycles. The molecular weight excluding hydrogens is 228 g/mol. The lowest BCUT2D eigenvalue weighted by molar-refractivity contribution is 0.0910. The topological polar surface area (TPSA) is 54.3 Å². The van der Waals surface area contributed by atoms with Crippen molar-refractivity contribution in [1.82, 2.24) is 10.6 Å². The van der Waals surface area contributed by atoms with Gasteiger partial charge in [0, 0.05) is 18.5 Å². The van der Waals surface area contributed by atoms with Gasteiger partial charge in [-0.1, -0.05) is 13.3 Å². The average molecular weight is 250 g/mol. The summed E-state index contributed by atoms with van der Waals surface area (Å²) in [5, 5.41) is 6.49. The minimum Gasteiger partial charge on any atom is -0.472 e. The van der Waals surface area contributed by atoms with Gasteiger partial charge in [0.2, 0.25) is 0 Å². The SMILES string of the molecule is CCCC1(CNC(=O)c2ccoc2)CCCNC1. The largest absolute Gasteiger partial charge is 0.472 e. The van der Waals surface area contributed by atoms with Crippen LogP contribution in [-0.4, -0.2) is 25.5 Å². The van der Waals surface area contributed by atoms with Crippen molar-refractivity contribution in [3.63, 3.8) is 0 Å². The molecule has 0 aliphatic carbocycles. The highest BCUT2D eigenvalue weighted by Gasteiger charge is 2.31. The molecule has 1 atom stereocenters. The highest BCUT2D eigenvalue weighted by molar-refractivity contribution is 5.93. The van der Waals surface area contributed by atoms with Crippen molar-refractivity contribution in [3.8, 4) is 0 Å². The Morgan fingerprint density at radius 3 is 3.11 bits per heavy atom. The van der Waals surface area contributed by atoms with Gasteiger partial charge < -0.3 is 15.1 Å². The first kappa shape index (κ1) is 13.1. The van der Waals surface area contributed by atoms with Crippen LogP contribution in [-0.2, 0) is 0 Å². The van der Waals surface area contributed by atoms with E-state index >= 15 is 0 Å². The van der Waals surface area contributed by atoms with Gasteiger partial charge in [-0.15, -0.1) is 0 Å². The third-order valence-electron chi connectivity index (χ3n) is 3.75. The Kier molecular flexibility index (Phi) is 4.42. The Bertz CT molecular complexity index is 362. The second-order valence-corrected chi connectivity index (χ2v) is 5.23. The molecule has 4 nitrogen and oxygen atoms in total.